The van der Waals surface area contributed by atoms with Gasteiger partial charge in [-0.05, 0) is 30.2 Å². The molecule has 0 bridgehead atoms. The summed E-state index contributed by atoms with van der Waals surface area (Å²) in [5, 5.41) is 9.80. The zero-order chi connectivity index (χ0) is 19.8. The summed E-state index contributed by atoms with van der Waals surface area (Å²) in [6.07, 6.45) is -0.826. The lowest BCUT2D eigenvalue weighted by atomic mass is 10.1. The van der Waals surface area contributed by atoms with Crippen LogP contribution < -0.4 is 9.64 Å². The number of carboxylic acid groups (broad SMARTS) is 1. The van der Waals surface area contributed by atoms with Gasteiger partial charge in [-0.3, -0.25) is 14.5 Å². The van der Waals surface area contributed by atoms with Gasteiger partial charge in [-0.1, -0.05) is 19.1 Å². The minimum atomic E-state index is -1.11. The van der Waals surface area contributed by atoms with E-state index in [0.717, 1.165) is 10.3 Å². The molecule has 0 saturated carbocycles. The molecule has 1 aliphatic rings. The molecule has 144 valence electrons. The number of aromatic nitrogens is 1. The number of rotatable bonds is 5. The molecule has 6 nitrogen and oxygen atoms in total. The molecule has 0 saturated heterocycles. The van der Waals surface area contributed by atoms with Gasteiger partial charge in [-0.2, -0.15) is 0 Å². The molecule has 1 unspecified atom stereocenters. The summed E-state index contributed by atoms with van der Waals surface area (Å²) in [5.74, 6) is -1.37. The molecule has 1 N–H and O–H groups in total. The van der Waals surface area contributed by atoms with Gasteiger partial charge in [0.25, 0.3) is 5.91 Å². The van der Waals surface area contributed by atoms with Gasteiger partial charge in [-0.15, -0.1) is 11.3 Å². The minimum Gasteiger partial charge on any atom is -0.481 e. The van der Waals surface area contributed by atoms with Crippen molar-refractivity contribution >= 4 is 39.1 Å². The predicted octanol–water partition coefficient (Wildman–Crippen LogP) is 3.77. The Balaban J connectivity index is 1.74. The van der Waals surface area contributed by atoms with E-state index in [1.807, 2.05) is 19.1 Å². The van der Waals surface area contributed by atoms with Crippen molar-refractivity contribution in [1.29, 1.82) is 0 Å². The van der Waals surface area contributed by atoms with Gasteiger partial charge in [0.05, 0.1) is 28.9 Å². The number of aliphatic carboxylic acids is 1. The van der Waals surface area contributed by atoms with Crippen LogP contribution in [-0.4, -0.2) is 28.1 Å². The summed E-state index contributed by atoms with van der Waals surface area (Å²) in [6, 6.07) is 9.89. The Morgan fingerprint density at radius 1 is 1.36 bits per heavy atom. The highest BCUT2D eigenvalue weighted by Crippen LogP contribution is 2.39. The van der Waals surface area contributed by atoms with E-state index in [1.54, 1.807) is 12.1 Å². The Kier molecular flexibility index (Phi) is 4.72. The van der Waals surface area contributed by atoms with E-state index in [-0.39, 0.29) is 12.4 Å². The van der Waals surface area contributed by atoms with Crippen LogP contribution in [0.3, 0.4) is 0 Å². The number of ether oxygens (including phenoxy) is 1. The fourth-order valence-electron chi connectivity index (χ4n) is 3.29. The van der Waals surface area contributed by atoms with Crippen LogP contribution in [-0.2, 0) is 22.6 Å². The molecule has 28 heavy (non-hydrogen) atoms. The Bertz CT molecular complexity index is 1080. The van der Waals surface area contributed by atoms with E-state index in [2.05, 4.69) is 4.98 Å². The fourth-order valence-corrected chi connectivity index (χ4v) is 4.22. The maximum absolute atomic E-state index is 13.4. The zero-order valence-corrected chi connectivity index (χ0v) is 15.8. The van der Waals surface area contributed by atoms with Gasteiger partial charge in [0, 0.05) is 6.07 Å². The average molecular weight is 400 g/mol. The number of fused-ring (bicyclic) bond motifs is 2. The Morgan fingerprint density at radius 3 is 2.93 bits per heavy atom. The molecule has 3 aromatic rings. The van der Waals surface area contributed by atoms with E-state index in [4.69, 9.17) is 9.84 Å². The topological polar surface area (TPSA) is 79.7 Å². The number of hydrogen-bond acceptors (Lipinski definition) is 5. The van der Waals surface area contributed by atoms with Crippen molar-refractivity contribution in [2.24, 2.45) is 0 Å². The van der Waals surface area contributed by atoms with Gasteiger partial charge in [0.15, 0.2) is 6.10 Å². The molecule has 0 radical (unpaired) electrons. The second-order valence-corrected chi connectivity index (χ2v) is 7.58. The first-order chi connectivity index (χ1) is 13.5. The van der Waals surface area contributed by atoms with Crippen LogP contribution in [0.1, 0.15) is 23.9 Å². The quantitative estimate of drug-likeness (QED) is 0.705. The second-order valence-electron chi connectivity index (χ2n) is 6.47. The molecular formula is C20H17FN2O4S. The number of amides is 1. The van der Waals surface area contributed by atoms with Crippen LogP contribution in [0, 0.1) is 5.82 Å². The molecular weight excluding hydrogens is 383 g/mol. The lowest BCUT2D eigenvalue weighted by Crippen LogP contribution is -2.46. The first kappa shape index (κ1) is 18.4. The van der Waals surface area contributed by atoms with Crippen LogP contribution in [0.5, 0.6) is 5.75 Å². The molecule has 1 aliphatic heterocycles. The number of carbonyl (C=O) groups excluding carboxylic acids is 1. The molecule has 0 spiro atoms. The highest BCUT2D eigenvalue weighted by Gasteiger charge is 2.37. The standard InChI is InChI=1S/C20H17FN2O4S/c1-2-11-4-3-5-14-19(11)27-15(9-18(24)25)20(26)23(14)10-17-22-13-8-12(21)6-7-16(13)28-17/h3-8,15H,2,9-10H2,1H3,(H,24,25). The Labute approximate surface area is 164 Å². The molecule has 1 atom stereocenters. The number of benzene rings is 2. The number of anilines is 1. The SMILES string of the molecule is CCc1cccc2c1OC(CC(=O)O)C(=O)N2Cc1nc2cc(F)ccc2s1. The monoisotopic (exact) mass is 400 g/mol. The van der Waals surface area contributed by atoms with Gasteiger partial charge < -0.3 is 9.84 Å². The van der Waals surface area contributed by atoms with E-state index >= 15 is 0 Å². The molecule has 0 fully saturated rings. The summed E-state index contributed by atoms with van der Waals surface area (Å²) in [5.41, 5.74) is 2.03. The summed E-state index contributed by atoms with van der Waals surface area (Å²) in [7, 11) is 0. The zero-order valence-electron chi connectivity index (χ0n) is 15.0. The van der Waals surface area contributed by atoms with Gasteiger partial charge in [0.1, 0.15) is 16.6 Å². The van der Waals surface area contributed by atoms with Crippen molar-refractivity contribution < 1.29 is 23.8 Å². The second kappa shape index (κ2) is 7.20. The highest BCUT2D eigenvalue weighted by molar-refractivity contribution is 7.18. The molecule has 2 aromatic carbocycles. The first-order valence-corrected chi connectivity index (χ1v) is 9.64. The normalized spacial score (nSPS) is 16.1. The minimum absolute atomic E-state index is 0.166. The summed E-state index contributed by atoms with van der Waals surface area (Å²) in [6.45, 7) is 2.13. The number of carboxylic acids is 1. The van der Waals surface area contributed by atoms with E-state index in [0.29, 0.717) is 28.4 Å². The number of para-hydroxylation sites is 1. The molecule has 1 aromatic heterocycles. The molecule has 1 amide bonds. The molecule has 8 heteroatoms. The summed E-state index contributed by atoms with van der Waals surface area (Å²) in [4.78, 5) is 30.1. The lowest BCUT2D eigenvalue weighted by molar-refractivity contribution is -0.142. The van der Waals surface area contributed by atoms with Gasteiger partial charge in [-0.25, -0.2) is 9.37 Å². The fraction of sp³-hybridized carbons (Fsp3) is 0.250. The summed E-state index contributed by atoms with van der Waals surface area (Å²) >= 11 is 1.37. The number of halogens is 1. The van der Waals surface area contributed by atoms with Crippen LogP contribution in [0.2, 0.25) is 0 Å². The number of hydrogen-bond donors (Lipinski definition) is 1. The highest BCUT2D eigenvalue weighted by atomic mass is 32.1. The number of thiazole rings is 1. The van der Waals surface area contributed by atoms with E-state index in [9.17, 15) is 14.0 Å². The number of nitrogens with zero attached hydrogens (tertiary/aromatic N) is 2. The van der Waals surface area contributed by atoms with Crippen molar-refractivity contribution in [3.8, 4) is 5.75 Å². The predicted molar refractivity (Wildman–Crippen MR) is 103 cm³/mol. The van der Waals surface area contributed by atoms with Crippen molar-refractivity contribution in [3.63, 3.8) is 0 Å². The maximum Gasteiger partial charge on any atom is 0.307 e. The largest absolute Gasteiger partial charge is 0.481 e. The van der Waals surface area contributed by atoms with Crippen molar-refractivity contribution in [2.75, 3.05) is 4.90 Å². The van der Waals surface area contributed by atoms with Gasteiger partial charge in [0.2, 0.25) is 0 Å². The Morgan fingerprint density at radius 2 is 2.18 bits per heavy atom. The molecule has 2 heterocycles. The average Bonchev–Trinajstić information content (AvgIpc) is 3.05. The summed E-state index contributed by atoms with van der Waals surface area (Å²) < 4.78 is 20.0. The van der Waals surface area contributed by atoms with Crippen LogP contribution in [0.4, 0.5) is 10.1 Å². The lowest BCUT2D eigenvalue weighted by Gasteiger charge is -2.34. The van der Waals surface area contributed by atoms with Gasteiger partial charge >= 0.3 is 5.97 Å². The third-order valence-corrected chi connectivity index (χ3v) is 5.62. The van der Waals surface area contributed by atoms with Crippen LogP contribution >= 0.6 is 11.3 Å². The smallest absolute Gasteiger partial charge is 0.307 e. The number of carbonyl (C=O) groups is 2. The van der Waals surface area contributed by atoms with E-state index in [1.165, 1.54) is 28.4 Å². The van der Waals surface area contributed by atoms with Crippen molar-refractivity contribution in [3.05, 3.63) is 52.8 Å². The molecule has 4 rings (SSSR count). The van der Waals surface area contributed by atoms with Crippen LogP contribution in [0.15, 0.2) is 36.4 Å². The third kappa shape index (κ3) is 3.31. The number of aryl methyl sites for hydroxylation is 1. The Hall–Kier alpha value is -3.00. The van der Waals surface area contributed by atoms with E-state index < -0.39 is 24.4 Å². The first-order valence-electron chi connectivity index (χ1n) is 8.83. The van der Waals surface area contributed by atoms with Crippen molar-refractivity contribution in [2.45, 2.75) is 32.4 Å². The third-order valence-electron chi connectivity index (χ3n) is 4.60. The van der Waals surface area contributed by atoms with Crippen LogP contribution in [0.25, 0.3) is 10.2 Å². The molecule has 0 aliphatic carbocycles. The maximum atomic E-state index is 13.4. The van der Waals surface area contributed by atoms with Crippen molar-refractivity contribution in [1.82, 2.24) is 4.98 Å².